The molecule has 23 heavy (non-hydrogen) atoms. The lowest BCUT2D eigenvalue weighted by atomic mass is 9.69. The van der Waals surface area contributed by atoms with Gasteiger partial charge in [-0.3, -0.25) is 9.59 Å². The first-order valence-corrected chi connectivity index (χ1v) is 9.31. The Bertz CT molecular complexity index is 407. The van der Waals surface area contributed by atoms with Gasteiger partial charge in [0, 0.05) is 10.8 Å². The van der Waals surface area contributed by atoms with Crippen LogP contribution in [0.1, 0.15) is 86.5 Å². The molecule has 0 aliphatic heterocycles. The molecule has 0 heterocycles. The lowest BCUT2D eigenvalue weighted by molar-refractivity contribution is -0.138. The van der Waals surface area contributed by atoms with Crippen molar-refractivity contribution in [1.82, 2.24) is 0 Å². The fraction of sp³-hybridized carbons (Fsp3) is 0.810. The normalized spacial score (nSPS) is 32.2. The third kappa shape index (κ3) is 5.90. The highest BCUT2D eigenvalue weighted by molar-refractivity contribution is 6.03. The summed E-state index contributed by atoms with van der Waals surface area (Å²) in [6, 6.07) is 0. The van der Waals surface area contributed by atoms with Crippen molar-refractivity contribution in [3.8, 4) is 0 Å². The van der Waals surface area contributed by atoms with Crippen LogP contribution in [0.4, 0.5) is 0 Å². The van der Waals surface area contributed by atoms with Gasteiger partial charge in [0.15, 0.2) is 0 Å². The van der Waals surface area contributed by atoms with Crippen LogP contribution in [0.5, 0.6) is 0 Å². The zero-order valence-electron chi connectivity index (χ0n) is 16.1. The summed E-state index contributed by atoms with van der Waals surface area (Å²) in [5.74, 6) is 1.24. The summed E-state index contributed by atoms with van der Waals surface area (Å²) in [4.78, 5) is 25.9. The van der Waals surface area contributed by atoms with Crippen molar-refractivity contribution < 1.29 is 9.59 Å². The summed E-state index contributed by atoms with van der Waals surface area (Å²) >= 11 is 0. The van der Waals surface area contributed by atoms with Gasteiger partial charge in [-0.05, 0) is 50.4 Å². The average molecular weight is 321 g/mol. The number of ketones is 2. The minimum Gasteiger partial charge on any atom is -0.299 e. The van der Waals surface area contributed by atoms with Gasteiger partial charge in [-0.15, -0.1) is 0 Å². The van der Waals surface area contributed by atoms with E-state index < -0.39 is 0 Å². The Morgan fingerprint density at radius 1 is 0.826 bits per heavy atom. The first-order valence-electron chi connectivity index (χ1n) is 9.31. The number of hydrogen-bond acceptors (Lipinski definition) is 2. The monoisotopic (exact) mass is 320 g/mol. The molecule has 2 nitrogen and oxygen atoms in total. The highest BCUT2D eigenvalue weighted by Crippen LogP contribution is 2.39. The minimum absolute atomic E-state index is 0.117. The molecule has 0 radical (unpaired) electrons. The Morgan fingerprint density at radius 2 is 1.17 bits per heavy atom. The van der Waals surface area contributed by atoms with Gasteiger partial charge >= 0.3 is 0 Å². The Labute approximate surface area is 143 Å². The van der Waals surface area contributed by atoms with Crippen molar-refractivity contribution in [2.45, 2.75) is 86.5 Å². The van der Waals surface area contributed by atoms with E-state index in [0.29, 0.717) is 11.8 Å². The fourth-order valence-corrected chi connectivity index (χ4v) is 4.12. The maximum Gasteiger partial charge on any atom is 0.146 e. The number of hydrogen-bond donors (Lipinski definition) is 0. The Morgan fingerprint density at radius 3 is 1.48 bits per heavy atom. The van der Waals surface area contributed by atoms with Crippen LogP contribution >= 0.6 is 0 Å². The smallest absolute Gasteiger partial charge is 0.146 e. The van der Waals surface area contributed by atoms with E-state index in [1.165, 1.54) is 0 Å². The molecule has 0 aromatic rings. The molecule has 0 amide bonds. The molecular weight excluding hydrogens is 284 g/mol. The third-order valence-electron chi connectivity index (χ3n) is 5.28. The van der Waals surface area contributed by atoms with Crippen molar-refractivity contribution in [1.29, 1.82) is 0 Å². The van der Waals surface area contributed by atoms with Gasteiger partial charge in [0.1, 0.15) is 11.6 Å². The fourth-order valence-electron chi connectivity index (χ4n) is 4.12. The van der Waals surface area contributed by atoms with Crippen LogP contribution in [-0.4, -0.2) is 11.6 Å². The number of allylic oxidation sites excluding steroid dienone is 2. The molecule has 0 aromatic heterocycles. The van der Waals surface area contributed by atoms with Crippen molar-refractivity contribution in [3.05, 3.63) is 12.2 Å². The highest BCUT2D eigenvalue weighted by Gasteiger charge is 2.39. The van der Waals surface area contributed by atoms with E-state index in [9.17, 15) is 9.59 Å². The van der Waals surface area contributed by atoms with Crippen LogP contribution in [0.25, 0.3) is 0 Å². The molecule has 2 unspecified atom stereocenters. The van der Waals surface area contributed by atoms with E-state index in [1.807, 2.05) is 0 Å². The molecule has 0 fully saturated rings. The minimum atomic E-state index is -0.364. The average Bonchev–Trinajstić information content (AvgIpc) is 2.41. The third-order valence-corrected chi connectivity index (χ3v) is 5.28. The van der Waals surface area contributed by atoms with Crippen LogP contribution in [0, 0.1) is 22.7 Å². The lowest BCUT2D eigenvalue weighted by Gasteiger charge is -2.33. The van der Waals surface area contributed by atoms with Crippen LogP contribution in [0.2, 0.25) is 0 Å². The zero-order valence-corrected chi connectivity index (χ0v) is 16.1. The van der Waals surface area contributed by atoms with Crippen molar-refractivity contribution in [2.75, 3.05) is 0 Å². The second-order valence-corrected chi connectivity index (χ2v) is 8.89. The van der Waals surface area contributed by atoms with E-state index in [2.05, 4.69) is 53.7 Å². The zero-order chi connectivity index (χ0) is 17.7. The van der Waals surface area contributed by atoms with Crippen molar-refractivity contribution in [2.24, 2.45) is 22.7 Å². The molecule has 0 saturated heterocycles. The van der Waals surface area contributed by atoms with Crippen LogP contribution in [0.15, 0.2) is 12.2 Å². The second-order valence-electron chi connectivity index (χ2n) is 8.89. The standard InChI is InChI=1S/C21H36O2/c1-16(2)14-20(5)11-9-7-8-10-12-21(6,15-17(3)4)19(23)13-18(20)22/h7-8,16-17H,9-15H2,1-6H3/b8-7-. The quantitative estimate of drug-likeness (QED) is 0.488. The Kier molecular flexibility index (Phi) is 7.23. The molecule has 0 bridgehead atoms. The van der Waals surface area contributed by atoms with E-state index >= 15 is 0 Å². The summed E-state index contributed by atoms with van der Waals surface area (Å²) < 4.78 is 0. The van der Waals surface area contributed by atoms with Gasteiger partial charge in [-0.1, -0.05) is 53.7 Å². The molecule has 1 aliphatic rings. The van der Waals surface area contributed by atoms with Crippen molar-refractivity contribution in [3.63, 3.8) is 0 Å². The van der Waals surface area contributed by atoms with Gasteiger partial charge in [0.25, 0.3) is 0 Å². The summed E-state index contributed by atoms with van der Waals surface area (Å²) in [6.45, 7) is 12.8. The number of rotatable bonds is 4. The SMILES string of the molecule is CC(C)CC1(C)CC/C=C\CCC(C)(CC(C)C)C(=O)CC1=O. The lowest BCUT2D eigenvalue weighted by Crippen LogP contribution is -2.36. The molecule has 2 atom stereocenters. The number of carbonyl (C=O) groups is 2. The second kappa shape index (κ2) is 8.26. The summed E-state index contributed by atoms with van der Waals surface area (Å²) in [5, 5.41) is 0. The maximum atomic E-state index is 12.9. The van der Waals surface area contributed by atoms with Crippen molar-refractivity contribution >= 4 is 11.6 Å². The number of Topliss-reactive ketones (excluding diaryl/α,β-unsaturated/α-hetero) is 2. The van der Waals surface area contributed by atoms with Gasteiger partial charge in [-0.2, -0.15) is 0 Å². The molecule has 0 aromatic carbocycles. The number of carbonyl (C=O) groups excluding carboxylic acids is 2. The Hall–Kier alpha value is -0.920. The van der Waals surface area contributed by atoms with E-state index in [0.717, 1.165) is 38.5 Å². The highest BCUT2D eigenvalue weighted by atomic mass is 16.2. The van der Waals surface area contributed by atoms with E-state index in [1.54, 1.807) is 0 Å². The molecular formula is C21H36O2. The van der Waals surface area contributed by atoms with E-state index in [-0.39, 0.29) is 28.8 Å². The van der Waals surface area contributed by atoms with Crippen LogP contribution in [-0.2, 0) is 9.59 Å². The summed E-state index contributed by atoms with van der Waals surface area (Å²) in [5.41, 5.74) is -0.728. The van der Waals surface area contributed by atoms with Gasteiger partial charge in [0.05, 0.1) is 6.42 Å². The molecule has 132 valence electrons. The molecule has 1 aliphatic carbocycles. The van der Waals surface area contributed by atoms with Crippen LogP contribution in [0.3, 0.4) is 0 Å². The van der Waals surface area contributed by atoms with Gasteiger partial charge in [-0.25, -0.2) is 0 Å². The predicted octanol–water partition coefficient (Wildman–Crippen LogP) is 5.75. The van der Waals surface area contributed by atoms with Gasteiger partial charge in [0.2, 0.25) is 0 Å². The topological polar surface area (TPSA) is 34.1 Å². The van der Waals surface area contributed by atoms with Gasteiger partial charge < -0.3 is 0 Å². The molecule has 0 N–H and O–H groups in total. The molecule has 0 spiro atoms. The van der Waals surface area contributed by atoms with E-state index in [4.69, 9.17) is 0 Å². The predicted molar refractivity (Wildman–Crippen MR) is 97.4 cm³/mol. The maximum absolute atomic E-state index is 12.9. The Balaban J connectivity index is 3.06. The molecule has 2 heteroatoms. The molecule has 0 saturated carbocycles. The first kappa shape index (κ1) is 20.1. The first-order chi connectivity index (χ1) is 10.6. The van der Waals surface area contributed by atoms with Crippen LogP contribution < -0.4 is 0 Å². The largest absolute Gasteiger partial charge is 0.299 e. The molecule has 1 rings (SSSR count). The summed E-state index contributed by atoms with van der Waals surface area (Å²) in [6.07, 6.45) is 9.85. The summed E-state index contributed by atoms with van der Waals surface area (Å²) in [7, 11) is 0.